The van der Waals surface area contributed by atoms with Crippen molar-refractivity contribution in [3.63, 3.8) is 0 Å². The molecule has 0 aliphatic carbocycles. The lowest BCUT2D eigenvalue weighted by Crippen LogP contribution is -2.22. The van der Waals surface area contributed by atoms with Crippen LogP contribution in [0.3, 0.4) is 0 Å². The highest BCUT2D eigenvalue weighted by Gasteiger charge is 2.35. The molecule has 2 N–H and O–H groups in total. The van der Waals surface area contributed by atoms with Crippen molar-refractivity contribution < 1.29 is 22.3 Å². The summed E-state index contributed by atoms with van der Waals surface area (Å²) < 4.78 is 55.6. The zero-order valence-electron chi connectivity index (χ0n) is 8.51. The maximum atomic E-state index is 13.3. The first-order valence-electron chi connectivity index (χ1n) is 4.48. The number of benzene rings is 1. The highest BCUT2D eigenvalue weighted by Crippen LogP contribution is 2.35. The van der Waals surface area contributed by atoms with E-state index in [9.17, 15) is 17.6 Å². The van der Waals surface area contributed by atoms with Gasteiger partial charge in [-0.3, -0.25) is 0 Å². The lowest BCUT2D eigenvalue weighted by Gasteiger charge is -2.18. The third kappa shape index (κ3) is 2.70. The van der Waals surface area contributed by atoms with Crippen molar-refractivity contribution in [1.29, 1.82) is 0 Å². The van der Waals surface area contributed by atoms with Gasteiger partial charge in [-0.2, -0.15) is 13.2 Å². The highest BCUT2D eigenvalue weighted by molar-refractivity contribution is 5.33. The molecule has 1 aromatic rings. The van der Waals surface area contributed by atoms with Crippen molar-refractivity contribution >= 4 is 0 Å². The summed E-state index contributed by atoms with van der Waals surface area (Å²) in [5.41, 5.74) is 3.82. The maximum absolute atomic E-state index is 13.3. The number of hydrogen-bond donors (Lipinski definition) is 1. The molecule has 0 amide bonds. The molecule has 0 bridgehead atoms. The number of ether oxygens (including phenoxy) is 1. The molecule has 16 heavy (non-hydrogen) atoms. The SMILES string of the molecule is COC[C@H](N)c1c(F)cccc1C(F)(F)F. The van der Waals surface area contributed by atoms with E-state index in [1.807, 2.05) is 0 Å². The van der Waals surface area contributed by atoms with Crippen molar-refractivity contribution in [3.8, 4) is 0 Å². The first-order chi connectivity index (χ1) is 7.38. The number of alkyl halides is 3. The molecule has 0 radical (unpaired) electrons. The van der Waals surface area contributed by atoms with Gasteiger partial charge in [0.2, 0.25) is 0 Å². The molecule has 0 spiro atoms. The molecule has 0 saturated carbocycles. The van der Waals surface area contributed by atoms with E-state index in [2.05, 4.69) is 4.74 Å². The van der Waals surface area contributed by atoms with Gasteiger partial charge in [-0.25, -0.2) is 4.39 Å². The fourth-order valence-electron chi connectivity index (χ4n) is 1.42. The van der Waals surface area contributed by atoms with Gasteiger partial charge in [0.15, 0.2) is 0 Å². The summed E-state index contributed by atoms with van der Waals surface area (Å²) >= 11 is 0. The molecule has 6 heteroatoms. The van der Waals surface area contributed by atoms with Crippen LogP contribution in [0.4, 0.5) is 17.6 Å². The lowest BCUT2D eigenvalue weighted by atomic mass is 10.0. The fraction of sp³-hybridized carbons (Fsp3) is 0.400. The average molecular weight is 237 g/mol. The number of hydrogen-bond acceptors (Lipinski definition) is 2. The van der Waals surface area contributed by atoms with E-state index in [4.69, 9.17) is 5.73 Å². The topological polar surface area (TPSA) is 35.2 Å². The fourth-order valence-corrected chi connectivity index (χ4v) is 1.42. The van der Waals surface area contributed by atoms with Gasteiger partial charge in [-0.1, -0.05) is 6.07 Å². The summed E-state index contributed by atoms with van der Waals surface area (Å²) in [6, 6.07) is 1.61. The Kier molecular flexibility index (Phi) is 3.88. The zero-order valence-corrected chi connectivity index (χ0v) is 8.51. The molecule has 1 atom stereocenters. The van der Waals surface area contributed by atoms with Crippen LogP contribution in [-0.4, -0.2) is 13.7 Å². The third-order valence-electron chi connectivity index (χ3n) is 2.08. The van der Waals surface area contributed by atoms with Crippen molar-refractivity contribution in [1.82, 2.24) is 0 Å². The Labute approximate surface area is 90.0 Å². The van der Waals surface area contributed by atoms with Gasteiger partial charge in [0.05, 0.1) is 18.2 Å². The van der Waals surface area contributed by atoms with E-state index in [-0.39, 0.29) is 6.61 Å². The smallest absolute Gasteiger partial charge is 0.383 e. The molecule has 0 fully saturated rings. The molecule has 1 aromatic carbocycles. The van der Waals surface area contributed by atoms with Gasteiger partial charge in [0.25, 0.3) is 0 Å². The van der Waals surface area contributed by atoms with Gasteiger partial charge in [-0.15, -0.1) is 0 Å². The summed E-state index contributed by atoms with van der Waals surface area (Å²) in [6.07, 6.45) is -4.62. The monoisotopic (exact) mass is 237 g/mol. The predicted octanol–water partition coefficient (Wildman–Crippen LogP) is 2.49. The van der Waals surface area contributed by atoms with Gasteiger partial charge >= 0.3 is 6.18 Å². The van der Waals surface area contributed by atoms with E-state index in [1.165, 1.54) is 7.11 Å². The summed E-state index contributed by atoms with van der Waals surface area (Å²) in [7, 11) is 1.29. The Morgan fingerprint density at radius 2 is 2.00 bits per heavy atom. The largest absolute Gasteiger partial charge is 0.416 e. The average Bonchev–Trinajstić information content (AvgIpc) is 2.16. The third-order valence-corrected chi connectivity index (χ3v) is 2.08. The predicted molar refractivity (Wildman–Crippen MR) is 50.2 cm³/mol. The minimum atomic E-state index is -4.62. The minimum absolute atomic E-state index is 0.177. The zero-order chi connectivity index (χ0) is 12.3. The second-order valence-electron chi connectivity index (χ2n) is 3.26. The van der Waals surface area contributed by atoms with E-state index >= 15 is 0 Å². The molecule has 0 aliphatic heterocycles. The van der Waals surface area contributed by atoms with Crippen LogP contribution in [0.25, 0.3) is 0 Å². The molecule has 0 aromatic heterocycles. The number of nitrogens with two attached hydrogens (primary N) is 1. The Morgan fingerprint density at radius 3 is 2.50 bits per heavy atom. The van der Waals surface area contributed by atoms with E-state index < -0.39 is 29.2 Å². The van der Waals surface area contributed by atoms with Gasteiger partial charge in [-0.05, 0) is 12.1 Å². The Hall–Kier alpha value is -1.14. The molecule has 0 unspecified atom stereocenters. The van der Waals surface area contributed by atoms with Crippen LogP contribution in [0.2, 0.25) is 0 Å². The lowest BCUT2D eigenvalue weighted by molar-refractivity contribution is -0.138. The number of methoxy groups -OCH3 is 1. The molecule has 1 rings (SSSR count). The van der Waals surface area contributed by atoms with Gasteiger partial charge < -0.3 is 10.5 Å². The Morgan fingerprint density at radius 1 is 1.38 bits per heavy atom. The van der Waals surface area contributed by atoms with Crippen LogP contribution in [0, 0.1) is 5.82 Å². The molecular weight excluding hydrogens is 226 g/mol. The van der Waals surface area contributed by atoms with E-state index in [0.29, 0.717) is 0 Å². The van der Waals surface area contributed by atoms with Crippen LogP contribution in [0.15, 0.2) is 18.2 Å². The summed E-state index contributed by atoms with van der Waals surface area (Å²) in [5, 5.41) is 0. The standard InChI is InChI=1S/C10H11F4NO/c1-16-5-8(15)9-6(10(12,13)14)3-2-4-7(9)11/h2-4,8H,5,15H2,1H3/t8-/m0/s1. The van der Waals surface area contributed by atoms with E-state index in [1.54, 1.807) is 0 Å². The maximum Gasteiger partial charge on any atom is 0.416 e. The molecule has 2 nitrogen and oxygen atoms in total. The second-order valence-corrected chi connectivity index (χ2v) is 3.26. The number of rotatable bonds is 3. The summed E-state index contributed by atoms with van der Waals surface area (Å²) in [5.74, 6) is -0.973. The van der Waals surface area contributed by atoms with E-state index in [0.717, 1.165) is 18.2 Å². The van der Waals surface area contributed by atoms with Gasteiger partial charge in [0.1, 0.15) is 5.82 Å². The first-order valence-corrected chi connectivity index (χ1v) is 4.48. The van der Waals surface area contributed by atoms with Crippen molar-refractivity contribution in [3.05, 3.63) is 35.1 Å². The molecule has 0 aliphatic rings. The minimum Gasteiger partial charge on any atom is -0.383 e. The van der Waals surface area contributed by atoms with Crippen molar-refractivity contribution in [2.75, 3.05) is 13.7 Å². The number of halogens is 4. The highest BCUT2D eigenvalue weighted by atomic mass is 19.4. The Balaban J connectivity index is 3.24. The van der Waals surface area contributed by atoms with Crippen LogP contribution in [0.5, 0.6) is 0 Å². The van der Waals surface area contributed by atoms with Crippen molar-refractivity contribution in [2.45, 2.75) is 12.2 Å². The Bertz CT molecular complexity index is 364. The summed E-state index contributed by atoms with van der Waals surface area (Å²) in [6.45, 7) is -0.177. The molecule has 0 saturated heterocycles. The van der Waals surface area contributed by atoms with Crippen LogP contribution < -0.4 is 5.73 Å². The van der Waals surface area contributed by atoms with Crippen LogP contribution in [-0.2, 0) is 10.9 Å². The molecule has 90 valence electrons. The first kappa shape index (κ1) is 12.9. The van der Waals surface area contributed by atoms with Crippen molar-refractivity contribution in [2.24, 2.45) is 5.73 Å². The second kappa shape index (κ2) is 4.80. The quantitative estimate of drug-likeness (QED) is 0.820. The van der Waals surface area contributed by atoms with Gasteiger partial charge in [0, 0.05) is 12.7 Å². The molecule has 0 heterocycles. The summed E-state index contributed by atoms with van der Waals surface area (Å²) in [4.78, 5) is 0. The normalized spacial score (nSPS) is 13.9. The van der Waals surface area contributed by atoms with Crippen LogP contribution in [0.1, 0.15) is 17.2 Å². The molecular formula is C10H11F4NO. The van der Waals surface area contributed by atoms with Crippen LogP contribution >= 0.6 is 0 Å².